The van der Waals surface area contributed by atoms with Gasteiger partial charge in [-0.3, -0.25) is 0 Å². The quantitative estimate of drug-likeness (QED) is 0.342. The molecule has 4 aromatic rings. The number of hydrogen-bond donors (Lipinski definition) is 0. The van der Waals surface area contributed by atoms with E-state index in [2.05, 4.69) is 24.3 Å². The third-order valence-electron chi connectivity index (χ3n) is 5.16. The van der Waals surface area contributed by atoms with E-state index in [1.54, 1.807) is 9.80 Å². The predicted octanol–water partition coefficient (Wildman–Crippen LogP) is 6.11. The van der Waals surface area contributed by atoms with Crippen LogP contribution in [0.25, 0.3) is 32.7 Å². The van der Waals surface area contributed by atoms with Crippen LogP contribution in [-0.2, 0) is 0 Å². The summed E-state index contributed by atoms with van der Waals surface area (Å²) < 4.78 is 12.4. The Labute approximate surface area is 199 Å². The highest BCUT2D eigenvalue weighted by atomic mass is 32.1. The van der Waals surface area contributed by atoms with E-state index in [1.165, 1.54) is 0 Å². The Morgan fingerprint density at radius 2 is 0.938 bits per heavy atom. The number of rotatable bonds is 3. The first kappa shape index (κ1) is 22.0. The van der Waals surface area contributed by atoms with Crippen molar-refractivity contribution >= 4 is 56.3 Å². The molecule has 0 aliphatic carbocycles. The van der Waals surface area contributed by atoms with Gasteiger partial charge in [0.1, 0.15) is 11.5 Å². The SMILES string of the molecule is CN(C)C(=S)Oc1ccc2ccccc2c1-c1c(OC(=S)N(C)C)ccc2ccccc12. The zero-order chi connectivity index (χ0) is 22.8. The molecule has 4 rings (SSSR count). The van der Waals surface area contributed by atoms with Gasteiger partial charge < -0.3 is 19.3 Å². The fraction of sp³-hybridized carbons (Fsp3) is 0.154. The third kappa shape index (κ3) is 4.24. The zero-order valence-corrected chi connectivity index (χ0v) is 20.1. The zero-order valence-electron chi connectivity index (χ0n) is 18.5. The second-order valence-electron chi connectivity index (χ2n) is 7.84. The summed E-state index contributed by atoms with van der Waals surface area (Å²) in [6.07, 6.45) is 0. The van der Waals surface area contributed by atoms with Crippen molar-refractivity contribution in [2.75, 3.05) is 28.2 Å². The summed E-state index contributed by atoms with van der Waals surface area (Å²) in [5.41, 5.74) is 1.83. The lowest BCUT2D eigenvalue weighted by atomic mass is 9.92. The van der Waals surface area contributed by atoms with E-state index < -0.39 is 0 Å². The fourth-order valence-corrected chi connectivity index (χ4v) is 3.74. The summed E-state index contributed by atoms with van der Waals surface area (Å²) in [6, 6.07) is 24.5. The van der Waals surface area contributed by atoms with Crippen LogP contribution in [0.5, 0.6) is 11.5 Å². The van der Waals surface area contributed by atoms with Gasteiger partial charge in [0.25, 0.3) is 10.3 Å². The number of ether oxygens (including phenoxy) is 2. The molecule has 0 aliphatic heterocycles. The molecule has 0 radical (unpaired) electrons. The van der Waals surface area contributed by atoms with Crippen LogP contribution in [0.4, 0.5) is 0 Å². The van der Waals surface area contributed by atoms with Crippen molar-refractivity contribution in [3.05, 3.63) is 72.8 Å². The Morgan fingerprint density at radius 1 is 0.562 bits per heavy atom. The lowest BCUT2D eigenvalue weighted by Gasteiger charge is -2.22. The monoisotopic (exact) mass is 460 g/mol. The molecule has 0 aliphatic rings. The minimum absolute atomic E-state index is 0.382. The molecule has 0 saturated heterocycles. The van der Waals surface area contributed by atoms with Gasteiger partial charge in [0.2, 0.25) is 0 Å². The summed E-state index contributed by atoms with van der Waals surface area (Å²) in [5, 5.41) is 5.05. The second-order valence-corrected chi connectivity index (χ2v) is 8.54. The molecule has 32 heavy (non-hydrogen) atoms. The van der Waals surface area contributed by atoms with E-state index in [0.29, 0.717) is 21.8 Å². The summed E-state index contributed by atoms with van der Waals surface area (Å²) in [6.45, 7) is 0. The van der Waals surface area contributed by atoms with Crippen molar-refractivity contribution in [3.63, 3.8) is 0 Å². The average Bonchev–Trinajstić information content (AvgIpc) is 2.79. The molecule has 0 spiro atoms. The molecular weight excluding hydrogens is 436 g/mol. The van der Waals surface area contributed by atoms with Gasteiger partial charge in [-0.05, 0) is 58.1 Å². The molecule has 0 aromatic heterocycles. The Balaban J connectivity index is 2.07. The van der Waals surface area contributed by atoms with E-state index in [1.807, 2.05) is 76.7 Å². The van der Waals surface area contributed by atoms with Crippen molar-refractivity contribution in [1.82, 2.24) is 9.80 Å². The van der Waals surface area contributed by atoms with Crippen LogP contribution in [0, 0.1) is 0 Å². The van der Waals surface area contributed by atoms with Crippen molar-refractivity contribution in [1.29, 1.82) is 0 Å². The highest BCUT2D eigenvalue weighted by Gasteiger charge is 2.21. The molecule has 0 amide bonds. The number of thiocarbonyl (C=S) groups is 2. The Morgan fingerprint density at radius 3 is 1.31 bits per heavy atom. The summed E-state index contributed by atoms with van der Waals surface area (Å²) >= 11 is 10.9. The minimum Gasteiger partial charge on any atom is -0.431 e. The smallest absolute Gasteiger partial charge is 0.264 e. The average molecular weight is 461 g/mol. The third-order valence-corrected chi connectivity index (χ3v) is 6.05. The van der Waals surface area contributed by atoms with E-state index in [-0.39, 0.29) is 0 Å². The molecule has 0 atom stereocenters. The maximum atomic E-state index is 6.18. The van der Waals surface area contributed by atoms with Gasteiger partial charge in [-0.15, -0.1) is 0 Å². The molecule has 0 bridgehead atoms. The first-order valence-corrected chi connectivity index (χ1v) is 11.0. The van der Waals surface area contributed by atoms with Crippen LogP contribution < -0.4 is 9.47 Å². The van der Waals surface area contributed by atoms with Gasteiger partial charge >= 0.3 is 0 Å². The van der Waals surface area contributed by atoms with E-state index in [0.717, 1.165) is 32.7 Å². The van der Waals surface area contributed by atoms with Crippen LogP contribution in [0.1, 0.15) is 0 Å². The van der Waals surface area contributed by atoms with Gasteiger partial charge in [0.15, 0.2) is 0 Å². The molecule has 0 unspecified atom stereocenters. The predicted molar refractivity (Wildman–Crippen MR) is 141 cm³/mol. The maximum Gasteiger partial charge on any atom is 0.264 e. The van der Waals surface area contributed by atoms with Crippen molar-refractivity contribution < 1.29 is 9.47 Å². The molecular formula is C26H24N2O2S2. The normalized spacial score (nSPS) is 10.8. The summed E-state index contributed by atoms with van der Waals surface area (Å²) in [7, 11) is 7.46. The van der Waals surface area contributed by atoms with Crippen LogP contribution in [0.15, 0.2) is 72.8 Å². The van der Waals surface area contributed by atoms with E-state index >= 15 is 0 Å². The van der Waals surface area contributed by atoms with Gasteiger partial charge in [0, 0.05) is 39.3 Å². The number of benzene rings is 4. The maximum absolute atomic E-state index is 6.18. The highest BCUT2D eigenvalue weighted by molar-refractivity contribution is 7.80. The van der Waals surface area contributed by atoms with Gasteiger partial charge in [-0.25, -0.2) is 0 Å². The molecule has 6 heteroatoms. The van der Waals surface area contributed by atoms with Crippen molar-refractivity contribution in [2.45, 2.75) is 0 Å². The molecule has 4 nitrogen and oxygen atoms in total. The molecule has 162 valence electrons. The molecule has 0 fully saturated rings. The Kier molecular flexibility index (Phi) is 6.26. The molecule has 4 aromatic carbocycles. The van der Waals surface area contributed by atoms with Crippen LogP contribution >= 0.6 is 24.4 Å². The molecule has 0 heterocycles. The topological polar surface area (TPSA) is 24.9 Å². The first-order chi connectivity index (χ1) is 15.4. The van der Waals surface area contributed by atoms with Gasteiger partial charge in [-0.1, -0.05) is 60.7 Å². The number of hydrogen-bond acceptors (Lipinski definition) is 4. The van der Waals surface area contributed by atoms with Crippen LogP contribution in [-0.4, -0.2) is 48.3 Å². The van der Waals surface area contributed by atoms with Crippen LogP contribution in [0.2, 0.25) is 0 Å². The van der Waals surface area contributed by atoms with E-state index in [4.69, 9.17) is 33.9 Å². The van der Waals surface area contributed by atoms with E-state index in [9.17, 15) is 0 Å². The Bertz CT molecular complexity index is 1230. The van der Waals surface area contributed by atoms with Crippen molar-refractivity contribution in [3.8, 4) is 22.6 Å². The summed E-state index contributed by atoms with van der Waals surface area (Å²) in [5.74, 6) is 1.33. The largest absolute Gasteiger partial charge is 0.431 e. The highest BCUT2D eigenvalue weighted by Crippen LogP contribution is 2.45. The fourth-order valence-electron chi connectivity index (χ4n) is 3.56. The molecule has 0 saturated carbocycles. The number of nitrogens with zero attached hydrogens (tertiary/aromatic N) is 2. The van der Waals surface area contributed by atoms with Gasteiger partial charge in [0.05, 0.1) is 0 Å². The van der Waals surface area contributed by atoms with Crippen molar-refractivity contribution in [2.24, 2.45) is 0 Å². The van der Waals surface area contributed by atoms with Crippen LogP contribution in [0.3, 0.4) is 0 Å². The van der Waals surface area contributed by atoms with Gasteiger partial charge in [-0.2, -0.15) is 0 Å². The number of fused-ring (bicyclic) bond motifs is 2. The standard InChI is InChI=1S/C26H24N2O2S2/c1-27(2)25(31)29-21-15-13-17-9-5-7-11-19(17)23(21)24-20-12-8-6-10-18(20)14-16-22(24)30-26(32)28(3)4/h5-16H,1-4H3. The summed E-state index contributed by atoms with van der Waals surface area (Å²) in [4.78, 5) is 3.55. The first-order valence-electron chi connectivity index (χ1n) is 10.2. The Hall–Kier alpha value is -3.22. The lowest BCUT2D eigenvalue weighted by Crippen LogP contribution is -2.25. The second kappa shape index (κ2) is 9.10. The molecule has 0 N–H and O–H groups in total. The minimum atomic E-state index is 0.382. The lowest BCUT2D eigenvalue weighted by molar-refractivity contribution is 0.447.